The molecular formula is C15H20FNO2. The van der Waals surface area contributed by atoms with Crippen LogP contribution in [0.25, 0.3) is 0 Å². The van der Waals surface area contributed by atoms with Crippen LogP contribution < -0.4 is 0 Å². The van der Waals surface area contributed by atoms with E-state index in [1.165, 1.54) is 12.1 Å². The monoisotopic (exact) mass is 265 g/mol. The molecule has 0 N–H and O–H groups in total. The number of carbonyl (C=O) groups is 1. The first-order chi connectivity index (χ1) is 9.11. The van der Waals surface area contributed by atoms with Crippen molar-refractivity contribution in [3.63, 3.8) is 0 Å². The highest BCUT2D eigenvalue weighted by Gasteiger charge is 2.26. The third kappa shape index (κ3) is 3.32. The Bertz CT molecular complexity index is 442. The maximum Gasteiger partial charge on any atom is 0.253 e. The fourth-order valence-corrected chi connectivity index (χ4v) is 2.66. The summed E-state index contributed by atoms with van der Waals surface area (Å²) in [6.07, 6.45) is 4.14. The molecule has 0 unspecified atom stereocenters. The van der Waals surface area contributed by atoms with Gasteiger partial charge in [-0.2, -0.15) is 0 Å². The molecule has 1 amide bonds. The Balaban J connectivity index is 2.00. The number of methoxy groups -OCH3 is 1. The van der Waals surface area contributed by atoms with Gasteiger partial charge in [-0.3, -0.25) is 4.79 Å². The van der Waals surface area contributed by atoms with E-state index in [1.54, 1.807) is 31.2 Å². The molecule has 1 aromatic carbocycles. The van der Waals surface area contributed by atoms with E-state index in [0.717, 1.165) is 25.7 Å². The molecular weight excluding hydrogens is 245 g/mol. The highest BCUT2D eigenvalue weighted by Crippen LogP contribution is 2.25. The number of hydrogen-bond donors (Lipinski definition) is 0. The normalized spacial score (nSPS) is 23.1. The molecule has 1 fully saturated rings. The van der Waals surface area contributed by atoms with Gasteiger partial charge in [0.2, 0.25) is 0 Å². The minimum absolute atomic E-state index is 0.111. The molecule has 0 bridgehead atoms. The lowest BCUT2D eigenvalue weighted by Gasteiger charge is -2.34. The third-order valence-corrected chi connectivity index (χ3v) is 3.92. The second-order valence-corrected chi connectivity index (χ2v) is 5.09. The molecule has 2 rings (SSSR count). The second kappa shape index (κ2) is 6.15. The van der Waals surface area contributed by atoms with Gasteiger partial charge in [0, 0.05) is 25.8 Å². The van der Waals surface area contributed by atoms with Gasteiger partial charge < -0.3 is 9.64 Å². The molecule has 1 aliphatic carbocycles. The summed E-state index contributed by atoms with van der Waals surface area (Å²) in [6.45, 7) is 0. The molecule has 0 heterocycles. The van der Waals surface area contributed by atoms with E-state index >= 15 is 0 Å². The number of ether oxygens (including phenoxy) is 1. The molecule has 0 atom stereocenters. The van der Waals surface area contributed by atoms with Gasteiger partial charge in [0.05, 0.1) is 6.10 Å². The van der Waals surface area contributed by atoms with E-state index in [1.807, 2.05) is 0 Å². The van der Waals surface area contributed by atoms with Crippen molar-refractivity contribution in [3.05, 3.63) is 35.6 Å². The van der Waals surface area contributed by atoms with Crippen LogP contribution in [-0.4, -0.2) is 37.1 Å². The van der Waals surface area contributed by atoms with E-state index in [9.17, 15) is 9.18 Å². The highest BCUT2D eigenvalue weighted by molar-refractivity contribution is 5.94. The molecule has 1 aromatic rings. The summed E-state index contributed by atoms with van der Waals surface area (Å²) in [5.74, 6) is -0.484. The van der Waals surface area contributed by atoms with Gasteiger partial charge in [0.25, 0.3) is 5.91 Å². The van der Waals surface area contributed by atoms with Gasteiger partial charge in [-0.05, 0) is 43.9 Å². The number of hydrogen-bond acceptors (Lipinski definition) is 2. The highest BCUT2D eigenvalue weighted by atomic mass is 19.1. The van der Waals surface area contributed by atoms with Crippen LogP contribution in [0.4, 0.5) is 4.39 Å². The second-order valence-electron chi connectivity index (χ2n) is 5.09. The van der Waals surface area contributed by atoms with Gasteiger partial charge in [-0.15, -0.1) is 0 Å². The minimum atomic E-state index is -0.373. The van der Waals surface area contributed by atoms with E-state index in [4.69, 9.17) is 4.74 Å². The number of halogens is 1. The first kappa shape index (κ1) is 14.0. The number of carbonyl (C=O) groups excluding carboxylic acids is 1. The molecule has 4 heteroatoms. The Morgan fingerprint density at radius 2 is 2.00 bits per heavy atom. The van der Waals surface area contributed by atoms with Gasteiger partial charge in [-0.25, -0.2) is 4.39 Å². The van der Waals surface area contributed by atoms with Gasteiger partial charge in [0.15, 0.2) is 0 Å². The molecule has 0 aliphatic heterocycles. The van der Waals surface area contributed by atoms with Crippen molar-refractivity contribution in [2.45, 2.75) is 37.8 Å². The summed E-state index contributed by atoms with van der Waals surface area (Å²) in [7, 11) is 3.53. The van der Waals surface area contributed by atoms with Crippen LogP contribution >= 0.6 is 0 Å². The van der Waals surface area contributed by atoms with Crippen LogP contribution in [0.1, 0.15) is 36.0 Å². The van der Waals surface area contributed by atoms with Crippen LogP contribution in [0.2, 0.25) is 0 Å². The molecule has 0 saturated heterocycles. The number of rotatable bonds is 3. The zero-order chi connectivity index (χ0) is 13.8. The summed E-state index contributed by atoms with van der Waals surface area (Å²) >= 11 is 0. The van der Waals surface area contributed by atoms with E-state index in [-0.39, 0.29) is 17.8 Å². The largest absolute Gasteiger partial charge is 0.381 e. The number of benzene rings is 1. The molecule has 3 nitrogen and oxygen atoms in total. The van der Waals surface area contributed by atoms with Crippen molar-refractivity contribution < 1.29 is 13.9 Å². The molecule has 0 spiro atoms. The Labute approximate surface area is 113 Å². The predicted octanol–water partition coefficient (Wildman–Crippen LogP) is 2.86. The molecule has 1 saturated carbocycles. The molecule has 19 heavy (non-hydrogen) atoms. The third-order valence-electron chi connectivity index (χ3n) is 3.92. The van der Waals surface area contributed by atoms with Crippen molar-refractivity contribution in [2.75, 3.05) is 14.2 Å². The SMILES string of the molecule is COC1CCC(N(C)C(=O)c2cccc(F)c2)CC1. The lowest BCUT2D eigenvalue weighted by molar-refractivity contribution is 0.0386. The van der Waals surface area contributed by atoms with Crippen LogP contribution in [0.15, 0.2) is 24.3 Å². The van der Waals surface area contributed by atoms with Crippen LogP contribution in [-0.2, 0) is 4.74 Å². The van der Waals surface area contributed by atoms with E-state index in [0.29, 0.717) is 11.7 Å². The number of amides is 1. The maximum absolute atomic E-state index is 13.1. The smallest absolute Gasteiger partial charge is 0.253 e. The van der Waals surface area contributed by atoms with E-state index < -0.39 is 0 Å². The molecule has 0 radical (unpaired) electrons. The average molecular weight is 265 g/mol. The van der Waals surface area contributed by atoms with Crippen LogP contribution in [0.3, 0.4) is 0 Å². The summed E-state index contributed by atoms with van der Waals surface area (Å²) in [6, 6.07) is 6.09. The molecule has 1 aliphatic rings. The van der Waals surface area contributed by atoms with E-state index in [2.05, 4.69) is 0 Å². The standard InChI is InChI=1S/C15H20FNO2/c1-17(13-6-8-14(19-2)9-7-13)15(18)11-4-3-5-12(16)10-11/h3-5,10,13-14H,6-9H2,1-2H3. The Hall–Kier alpha value is -1.42. The Kier molecular flexibility index (Phi) is 4.53. The van der Waals surface area contributed by atoms with Gasteiger partial charge >= 0.3 is 0 Å². The molecule has 104 valence electrons. The number of nitrogens with zero attached hydrogens (tertiary/aromatic N) is 1. The van der Waals surface area contributed by atoms with Crippen molar-refractivity contribution in [2.24, 2.45) is 0 Å². The van der Waals surface area contributed by atoms with Crippen LogP contribution in [0, 0.1) is 5.82 Å². The summed E-state index contributed by atoms with van der Waals surface area (Å²) in [4.78, 5) is 14.0. The van der Waals surface area contributed by atoms with Crippen molar-refractivity contribution in [1.29, 1.82) is 0 Å². The molecule has 0 aromatic heterocycles. The zero-order valence-electron chi connectivity index (χ0n) is 11.4. The average Bonchev–Trinajstić information content (AvgIpc) is 2.46. The first-order valence-electron chi connectivity index (χ1n) is 6.67. The van der Waals surface area contributed by atoms with Crippen molar-refractivity contribution >= 4 is 5.91 Å². The maximum atomic E-state index is 13.1. The Morgan fingerprint density at radius 1 is 1.32 bits per heavy atom. The van der Waals surface area contributed by atoms with Crippen molar-refractivity contribution in [1.82, 2.24) is 4.90 Å². The van der Waals surface area contributed by atoms with Crippen molar-refractivity contribution in [3.8, 4) is 0 Å². The zero-order valence-corrected chi connectivity index (χ0v) is 11.4. The minimum Gasteiger partial charge on any atom is -0.381 e. The summed E-state index contributed by atoms with van der Waals surface area (Å²) in [5, 5.41) is 0. The lowest BCUT2D eigenvalue weighted by atomic mass is 9.92. The summed E-state index contributed by atoms with van der Waals surface area (Å²) in [5.41, 5.74) is 0.413. The summed E-state index contributed by atoms with van der Waals surface area (Å²) < 4.78 is 18.5. The Morgan fingerprint density at radius 3 is 2.58 bits per heavy atom. The predicted molar refractivity (Wildman–Crippen MR) is 71.5 cm³/mol. The van der Waals surface area contributed by atoms with Gasteiger partial charge in [0.1, 0.15) is 5.82 Å². The quantitative estimate of drug-likeness (QED) is 0.841. The fraction of sp³-hybridized carbons (Fsp3) is 0.533. The fourth-order valence-electron chi connectivity index (χ4n) is 2.66. The van der Waals surface area contributed by atoms with Gasteiger partial charge in [-0.1, -0.05) is 6.07 Å². The lowest BCUT2D eigenvalue weighted by Crippen LogP contribution is -2.40. The first-order valence-corrected chi connectivity index (χ1v) is 6.67. The van der Waals surface area contributed by atoms with Crippen LogP contribution in [0.5, 0.6) is 0 Å². The topological polar surface area (TPSA) is 29.5 Å².